The molecule has 5 heterocycles. The number of carbonyl (C=O) groups excluding carboxylic acids is 3. The fourth-order valence-corrected chi connectivity index (χ4v) is 6.90. The Bertz CT molecular complexity index is 2240. The molecule has 57 heavy (non-hydrogen) atoms. The number of rotatable bonds is 11. The number of anilines is 4. The molecule has 0 spiro atoms. The summed E-state index contributed by atoms with van der Waals surface area (Å²) in [5.74, 6) is 0.0177. The Morgan fingerprint density at radius 1 is 0.982 bits per heavy atom. The summed E-state index contributed by atoms with van der Waals surface area (Å²) in [6.07, 6.45) is 4.46. The first-order valence-electron chi connectivity index (χ1n) is 19.0. The van der Waals surface area contributed by atoms with Crippen molar-refractivity contribution < 1.29 is 23.3 Å². The molecule has 16 heteroatoms. The van der Waals surface area contributed by atoms with Gasteiger partial charge in [0.15, 0.2) is 5.82 Å². The number of nitrogens with one attached hydrogen (secondary N) is 3. The van der Waals surface area contributed by atoms with Gasteiger partial charge in [-0.3, -0.25) is 24.7 Å². The zero-order valence-corrected chi connectivity index (χ0v) is 32.6. The first kappa shape index (κ1) is 39.0. The number of pyridine rings is 1. The molecule has 3 aromatic heterocycles. The number of nitrogens with zero attached hydrogens (tertiary/aromatic N) is 8. The Morgan fingerprint density at radius 3 is 2.46 bits per heavy atom. The topological polar surface area (TPSA) is 175 Å². The summed E-state index contributed by atoms with van der Waals surface area (Å²) in [5.41, 5.74) is 3.99. The lowest BCUT2D eigenvalue weighted by molar-refractivity contribution is -0.120. The fourth-order valence-electron chi connectivity index (χ4n) is 6.90. The van der Waals surface area contributed by atoms with Crippen molar-refractivity contribution in [3.63, 3.8) is 0 Å². The monoisotopic (exact) mass is 775 g/mol. The number of hydrogen-bond acceptors (Lipinski definition) is 12. The van der Waals surface area contributed by atoms with Gasteiger partial charge < -0.3 is 20.1 Å². The molecule has 3 N–H and O–H groups in total. The van der Waals surface area contributed by atoms with Crippen LogP contribution in [0.2, 0.25) is 0 Å². The van der Waals surface area contributed by atoms with Gasteiger partial charge in [-0.1, -0.05) is 50.2 Å². The minimum atomic E-state index is -0.663. The van der Waals surface area contributed by atoms with Crippen LogP contribution in [0.3, 0.4) is 0 Å². The Balaban J connectivity index is 0.901. The molecule has 2 fully saturated rings. The molecule has 15 nitrogen and oxygen atoms in total. The molecule has 2 aliphatic rings. The summed E-state index contributed by atoms with van der Waals surface area (Å²) in [4.78, 5) is 60.3. The van der Waals surface area contributed by atoms with Crippen LogP contribution < -0.4 is 25.8 Å². The zero-order valence-electron chi connectivity index (χ0n) is 32.6. The van der Waals surface area contributed by atoms with Gasteiger partial charge in [0.25, 0.3) is 0 Å². The molecule has 0 radical (unpaired) electrons. The summed E-state index contributed by atoms with van der Waals surface area (Å²) < 4.78 is 20.5. The second-order valence-electron chi connectivity index (χ2n) is 15.4. The summed E-state index contributed by atoms with van der Waals surface area (Å²) in [6.45, 7) is 13.6. The number of carbonyl (C=O) groups is 3. The van der Waals surface area contributed by atoms with E-state index in [0.29, 0.717) is 47.2 Å². The third-order valence-corrected chi connectivity index (χ3v) is 10.1. The highest BCUT2D eigenvalue weighted by Crippen LogP contribution is 2.27. The lowest BCUT2D eigenvalue weighted by Crippen LogP contribution is -2.52. The number of piperazine rings is 1. The maximum atomic E-state index is 15.4. The largest absolute Gasteiger partial charge is 0.365 e. The number of amides is 4. The second kappa shape index (κ2) is 16.4. The number of halogens is 1. The summed E-state index contributed by atoms with van der Waals surface area (Å²) in [5, 5.41) is 12.2. The van der Waals surface area contributed by atoms with Crippen molar-refractivity contribution in [2.45, 2.75) is 65.0 Å². The van der Waals surface area contributed by atoms with E-state index in [1.54, 1.807) is 30.0 Å². The van der Waals surface area contributed by atoms with E-state index in [9.17, 15) is 14.4 Å². The number of imide groups is 1. The smallest absolute Gasteiger partial charge is 0.328 e. The molecular formula is C41H46FN11O4. The maximum absolute atomic E-state index is 15.4. The molecule has 7 rings (SSSR count). The van der Waals surface area contributed by atoms with Crippen LogP contribution in [0.25, 0.3) is 11.3 Å². The fraction of sp³-hybridized carbons (Fsp3) is 0.366. The molecule has 0 aliphatic carbocycles. The van der Waals surface area contributed by atoms with E-state index in [-0.39, 0.29) is 29.3 Å². The lowest BCUT2D eigenvalue weighted by atomic mass is 9.96. The van der Waals surface area contributed by atoms with Gasteiger partial charge in [0, 0.05) is 73.5 Å². The molecule has 2 saturated heterocycles. The molecule has 296 valence electrons. The SMILES string of the molecule is C[C@@H](NC(=O)c1nc(C(C)(C)C)no1)c1ccc(-c2cc(Nc3ccc(N4CCN(CCc5ccc(N6CCC(=O)NC6=O)cc5)C[C@@H]4C)cn3)ncn2)cc1F. The Kier molecular flexibility index (Phi) is 11.2. The van der Waals surface area contributed by atoms with Crippen LogP contribution in [0.5, 0.6) is 0 Å². The third kappa shape index (κ3) is 9.23. The number of urea groups is 1. The molecule has 2 atom stereocenters. The number of hydrogen-bond donors (Lipinski definition) is 3. The van der Waals surface area contributed by atoms with Crippen molar-refractivity contribution in [3.8, 4) is 11.3 Å². The predicted octanol–water partition coefficient (Wildman–Crippen LogP) is 5.79. The molecule has 4 amide bonds. The molecule has 0 saturated carbocycles. The van der Waals surface area contributed by atoms with Gasteiger partial charge in [0.1, 0.15) is 23.8 Å². The van der Waals surface area contributed by atoms with E-state index in [1.807, 2.05) is 63.4 Å². The third-order valence-electron chi connectivity index (χ3n) is 10.1. The van der Waals surface area contributed by atoms with Crippen molar-refractivity contribution in [2.24, 2.45) is 0 Å². The predicted molar refractivity (Wildman–Crippen MR) is 213 cm³/mol. The Morgan fingerprint density at radius 2 is 1.77 bits per heavy atom. The average molecular weight is 776 g/mol. The van der Waals surface area contributed by atoms with E-state index in [4.69, 9.17) is 4.52 Å². The number of aromatic nitrogens is 5. The van der Waals surface area contributed by atoms with E-state index >= 15 is 4.39 Å². The van der Waals surface area contributed by atoms with Gasteiger partial charge in [-0.15, -0.1) is 0 Å². The summed E-state index contributed by atoms with van der Waals surface area (Å²) in [7, 11) is 0. The minimum Gasteiger partial charge on any atom is -0.365 e. The van der Waals surface area contributed by atoms with Crippen LogP contribution in [0.15, 0.2) is 77.7 Å². The van der Waals surface area contributed by atoms with E-state index in [2.05, 4.69) is 57.8 Å². The first-order chi connectivity index (χ1) is 27.3. The van der Waals surface area contributed by atoms with Gasteiger partial charge in [-0.25, -0.2) is 24.1 Å². The van der Waals surface area contributed by atoms with Gasteiger partial charge in [-0.05, 0) is 56.2 Å². The van der Waals surface area contributed by atoms with Crippen LogP contribution in [-0.2, 0) is 16.6 Å². The highest BCUT2D eigenvalue weighted by molar-refractivity contribution is 6.05. The normalized spacial score (nSPS) is 17.0. The highest BCUT2D eigenvalue weighted by atomic mass is 19.1. The zero-order chi connectivity index (χ0) is 40.3. The van der Waals surface area contributed by atoms with Crippen LogP contribution in [-0.4, -0.2) is 86.6 Å². The average Bonchev–Trinajstić information content (AvgIpc) is 3.70. The summed E-state index contributed by atoms with van der Waals surface area (Å²) >= 11 is 0. The minimum absolute atomic E-state index is 0.178. The molecular weight excluding hydrogens is 730 g/mol. The highest BCUT2D eigenvalue weighted by Gasteiger charge is 2.27. The van der Waals surface area contributed by atoms with Crippen molar-refractivity contribution in [2.75, 3.05) is 47.8 Å². The maximum Gasteiger partial charge on any atom is 0.328 e. The molecule has 0 unspecified atom stereocenters. The Labute approximate surface area is 330 Å². The van der Waals surface area contributed by atoms with Crippen molar-refractivity contribution in [1.29, 1.82) is 0 Å². The lowest BCUT2D eigenvalue weighted by Gasteiger charge is -2.41. The van der Waals surface area contributed by atoms with E-state index < -0.39 is 17.8 Å². The van der Waals surface area contributed by atoms with Crippen molar-refractivity contribution in [3.05, 3.63) is 102 Å². The van der Waals surface area contributed by atoms with Crippen LogP contribution in [0.4, 0.5) is 32.2 Å². The first-order valence-corrected chi connectivity index (χ1v) is 19.0. The molecule has 2 aromatic carbocycles. The molecule has 0 bridgehead atoms. The molecule has 5 aromatic rings. The Hall–Kier alpha value is -6.29. The molecule has 2 aliphatic heterocycles. The van der Waals surface area contributed by atoms with E-state index in [0.717, 1.165) is 44.0 Å². The van der Waals surface area contributed by atoms with Crippen LogP contribution >= 0.6 is 0 Å². The summed E-state index contributed by atoms with van der Waals surface area (Å²) in [6, 6.07) is 17.6. The van der Waals surface area contributed by atoms with Crippen molar-refractivity contribution in [1.82, 2.24) is 40.6 Å². The number of benzene rings is 2. The van der Waals surface area contributed by atoms with E-state index in [1.165, 1.54) is 18.0 Å². The van der Waals surface area contributed by atoms with Gasteiger partial charge in [0.2, 0.25) is 5.91 Å². The second-order valence-corrected chi connectivity index (χ2v) is 15.4. The van der Waals surface area contributed by atoms with Crippen LogP contribution in [0.1, 0.15) is 74.7 Å². The van der Waals surface area contributed by atoms with Crippen molar-refractivity contribution >= 4 is 40.9 Å². The quantitative estimate of drug-likeness (QED) is 0.148. The van der Waals surface area contributed by atoms with Gasteiger partial charge >= 0.3 is 17.8 Å². The van der Waals surface area contributed by atoms with Gasteiger partial charge in [-0.2, -0.15) is 4.98 Å². The standard InChI is InChI=1S/C41H46FN11O4/c1-25-23-51(16-14-27-6-9-29(10-7-27)53-17-15-36(54)48-40(53)56)18-19-52(25)30-11-13-34(43-22-30)47-35-21-33(44-24-45-35)28-8-12-31(32(42)20-28)26(2)46-37(55)38-49-39(50-57-38)41(3,4)5/h6-13,20-22,24-26H,14-19,23H2,1-5H3,(H,46,55)(H,48,54,56)(H,43,44,45,47)/t25-,26+/m0/s1. The van der Waals surface area contributed by atoms with Gasteiger partial charge in [0.05, 0.1) is 23.6 Å². The van der Waals surface area contributed by atoms with Crippen LogP contribution in [0, 0.1) is 5.82 Å².